The van der Waals surface area contributed by atoms with E-state index in [0.29, 0.717) is 5.56 Å². The van der Waals surface area contributed by atoms with Gasteiger partial charge >= 0.3 is 5.97 Å². The van der Waals surface area contributed by atoms with E-state index < -0.39 is 11.9 Å². The van der Waals surface area contributed by atoms with E-state index in [-0.39, 0.29) is 5.57 Å². The summed E-state index contributed by atoms with van der Waals surface area (Å²) in [6.07, 6.45) is 0.973. The Balaban J connectivity index is 2.10. The first-order chi connectivity index (χ1) is 11.6. The Kier molecular flexibility index (Phi) is 3.00. The maximum atomic E-state index is 11.7. The highest BCUT2D eigenvalue weighted by Crippen LogP contribution is 2.49. The summed E-state index contributed by atoms with van der Waals surface area (Å²) in [5.41, 5.74) is 9.46. The number of rotatable bonds is 3. The molecule has 4 nitrogen and oxygen atoms in total. The molecule has 0 saturated carbocycles. The zero-order valence-corrected chi connectivity index (χ0v) is 12.6. The van der Waals surface area contributed by atoms with Crippen LogP contribution < -0.4 is 5.73 Å². The molecule has 0 fully saturated rings. The summed E-state index contributed by atoms with van der Waals surface area (Å²) in [6.45, 7) is 0. The quantitative estimate of drug-likeness (QED) is 0.568. The van der Waals surface area contributed by atoms with Crippen LogP contribution in [0.4, 0.5) is 0 Å². The van der Waals surface area contributed by atoms with E-state index in [9.17, 15) is 14.7 Å². The number of fused-ring (bicyclic) bond motifs is 3. The maximum absolute atomic E-state index is 11.7. The fourth-order valence-electron chi connectivity index (χ4n) is 3.46. The van der Waals surface area contributed by atoms with Crippen LogP contribution in [0.5, 0.6) is 0 Å². The Hall–Kier alpha value is -3.40. The van der Waals surface area contributed by atoms with Gasteiger partial charge in [-0.05, 0) is 38.6 Å². The predicted molar refractivity (Wildman–Crippen MR) is 93.2 cm³/mol. The number of carboxylic acid groups (broad SMARTS) is 1. The fraction of sp³-hybridized carbons (Fsp3) is 0. The van der Waals surface area contributed by atoms with E-state index in [1.165, 1.54) is 0 Å². The van der Waals surface area contributed by atoms with Crippen LogP contribution in [0, 0.1) is 0 Å². The second-order valence-corrected chi connectivity index (χ2v) is 5.70. The van der Waals surface area contributed by atoms with Gasteiger partial charge in [0.25, 0.3) is 0 Å². The summed E-state index contributed by atoms with van der Waals surface area (Å²) in [5.74, 6) is -1.95. The third kappa shape index (κ3) is 1.93. The minimum absolute atomic E-state index is 0.0934. The summed E-state index contributed by atoms with van der Waals surface area (Å²) in [7, 11) is 0. The molecule has 4 heteroatoms. The molecule has 0 radical (unpaired) electrons. The monoisotopic (exact) mass is 315 g/mol. The number of carboxylic acids is 1. The molecule has 1 aliphatic rings. The van der Waals surface area contributed by atoms with E-state index >= 15 is 0 Å². The molecule has 0 bridgehead atoms. The van der Waals surface area contributed by atoms with Gasteiger partial charge in [0.05, 0.1) is 5.57 Å². The molecule has 3 aromatic carbocycles. The number of amides is 1. The molecule has 0 saturated heterocycles. The third-order valence-electron chi connectivity index (χ3n) is 4.34. The van der Waals surface area contributed by atoms with Gasteiger partial charge in [0.1, 0.15) is 0 Å². The molecule has 1 aliphatic carbocycles. The molecule has 3 N–H and O–H groups in total. The molecular weight excluding hydrogens is 302 g/mol. The van der Waals surface area contributed by atoms with Crippen molar-refractivity contribution in [3.8, 4) is 22.3 Å². The van der Waals surface area contributed by atoms with E-state index in [1.54, 1.807) is 12.1 Å². The molecule has 0 heterocycles. The van der Waals surface area contributed by atoms with Crippen molar-refractivity contribution in [2.24, 2.45) is 5.73 Å². The van der Waals surface area contributed by atoms with Gasteiger partial charge < -0.3 is 10.8 Å². The summed E-state index contributed by atoms with van der Waals surface area (Å²) >= 11 is 0. The smallest absolute Gasteiger partial charge is 0.336 e. The number of benzene rings is 3. The van der Waals surface area contributed by atoms with Crippen LogP contribution in [0.2, 0.25) is 0 Å². The molecule has 0 aromatic heterocycles. The van der Waals surface area contributed by atoms with E-state index in [2.05, 4.69) is 0 Å². The highest BCUT2D eigenvalue weighted by molar-refractivity contribution is 6.25. The second kappa shape index (κ2) is 5.06. The second-order valence-electron chi connectivity index (χ2n) is 5.70. The van der Waals surface area contributed by atoms with Gasteiger partial charge in [0.2, 0.25) is 5.91 Å². The zero-order chi connectivity index (χ0) is 16.8. The minimum atomic E-state index is -1.18. The van der Waals surface area contributed by atoms with Crippen molar-refractivity contribution in [3.05, 3.63) is 66.2 Å². The third-order valence-corrected chi connectivity index (χ3v) is 4.34. The minimum Gasteiger partial charge on any atom is -0.478 e. The van der Waals surface area contributed by atoms with Gasteiger partial charge in [-0.2, -0.15) is 0 Å². The number of nitrogens with two attached hydrogens (primary N) is 1. The van der Waals surface area contributed by atoms with Gasteiger partial charge in [-0.1, -0.05) is 54.6 Å². The van der Waals surface area contributed by atoms with Gasteiger partial charge in [-0.3, -0.25) is 4.79 Å². The highest BCUT2D eigenvalue weighted by atomic mass is 16.4. The Morgan fingerprint density at radius 3 is 2.17 bits per heavy atom. The van der Waals surface area contributed by atoms with Gasteiger partial charge in [0.15, 0.2) is 0 Å². The highest BCUT2D eigenvalue weighted by Gasteiger charge is 2.26. The van der Waals surface area contributed by atoms with E-state index in [4.69, 9.17) is 5.73 Å². The van der Waals surface area contributed by atoms with Crippen molar-refractivity contribution in [2.75, 3.05) is 0 Å². The molecule has 1 amide bonds. The number of hydrogen-bond donors (Lipinski definition) is 2. The van der Waals surface area contributed by atoms with Crippen molar-refractivity contribution in [1.29, 1.82) is 0 Å². The van der Waals surface area contributed by atoms with Crippen LogP contribution in [-0.2, 0) is 9.59 Å². The standard InChI is InChI=1S/C20H13NO3/c21-17(22)10-16(20(23)24)14-8-3-7-13-12-6-1-4-11-5-2-9-15(18(11)12)19(13)14/h1-10H,(H2,21,22)(H,23,24). The lowest BCUT2D eigenvalue weighted by Crippen LogP contribution is -2.11. The topological polar surface area (TPSA) is 80.4 Å². The maximum Gasteiger partial charge on any atom is 0.336 e. The van der Waals surface area contributed by atoms with Crippen molar-refractivity contribution < 1.29 is 14.7 Å². The van der Waals surface area contributed by atoms with Crippen LogP contribution in [-0.4, -0.2) is 17.0 Å². The molecule has 0 unspecified atom stereocenters. The fourth-order valence-corrected chi connectivity index (χ4v) is 3.46. The van der Waals surface area contributed by atoms with Gasteiger partial charge in [0, 0.05) is 6.08 Å². The van der Waals surface area contributed by atoms with E-state index in [1.807, 2.05) is 42.5 Å². The summed E-state index contributed by atoms with van der Waals surface area (Å²) in [5, 5.41) is 11.7. The van der Waals surface area contributed by atoms with Gasteiger partial charge in [-0.25, -0.2) is 4.79 Å². The molecule has 3 aromatic rings. The van der Waals surface area contributed by atoms with Crippen LogP contribution in [0.25, 0.3) is 38.6 Å². The zero-order valence-electron chi connectivity index (χ0n) is 12.6. The molecule has 0 atom stereocenters. The van der Waals surface area contributed by atoms with Crippen LogP contribution in [0.1, 0.15) is 5.56 Å². The number of hydrogen-bond acceptors (Lipinski definition) is 2. The predicted octanol–water partition coefficient (Wildman–Crippen LogP) is 3.44. The molecule has 0 spiro atoms. The summed E-state index contributed by atoms with van der Waals surface area (Å²) in [6, 6.07) is 17.5. The first kappa shape index (κ1) is 14.2. The first-order valence-electron chi connectivity index (χ1n) is 7.48. The molecule has 24 heavy (non-hydrogen) atoms. The van der Waals surface area contributed by atoms with Crippen LogP contribution in [0.15, 0.2) is 60.7 Å². The molecular formula is C20H13NO3. The summed E-state index contributed by atoms with van der Waals surface area (Å²) < 4.78 is 0. The Labute approximate surface area is 137 Å². The molecule has 0 aliphatic heterocycles. The lowest BCUT2D eigenvalue weighted by atomic mass is 9.93. The Morgan fingerprint density at radius 1 is 0.875 bits per heavy atom. The van der Waals surface area contributed by atoms with Crippen LogP contribution >= 0.6 is 0 Å². The SMILES string of the molecule is NC(=O)C=C(C(=O)O)c1cccc2c1-c1cccc3cccc-2c13. The van der Waals surface area contributed by atoms with Crippen LogP contribution in [0.3, 0.4) is 0 Å². The normalized spacial score (nSPS) is 12.2. The number of aliphatic carboxylic acids is 1. The molecule has 4 rings (SSSR count). The van der Waals surface area contributed by atoms with Crippen molar-refractivity contribution >= 4 is 28.2 Å². The lowest BCUT2D eigenvalue weighted by molar-refractivity contribution is -0.130. The lowest BCUT2D eigenvalue weighted by Gasteiger charge is -2.10. The average Bonchev–Trinajstić information content (AvgIpc) is 2.89. The van der Waals surface area contributed by atoms with E-state index in [0.717, 1.165) is 39.1 Å². The van der Waals surface area contributed by atoms with Crippen molar-refractivity contribution in [2.45, 2.75) is 0 Å². The van der Waals surface area contributed by atoms with Crippen molar-refractivity contribution in [3.63, 3.8) is 0 Å². The Bertz CT molecular complexity index is 1060. The number of carbonyl (C=O) groups is 2. The summed E-state index contributed by atoms with van der Waals surface area (Å²) in [4.78, 5) is 23.0. The molecule has 116 valence electrons. The largest absolute Gasteiger partial charge is 0.478 e. The Morgan fingerprint density at radius 2 is 1.50 bits per heavy atom. The van der Waals surface area contributed by atoms with Gasteiger partial charge in [-0.15, -0.1) is 0 Å². The van der Waals surface area contributed by atoms with Crippen molar-refractivity contribution in [1.82, 2.24) is 0 Å². The average molecular weight is 315 g/mol. The number of primary amides is 1. The number of carbonyl (C=O) groups excluding carboxylic acids is 1. The first-order valence-corrected chi connectivity index (χ1v) is 7.48.